The minimum atomic E-state index is -0.649. The normalized spacial score (nSPS) is 13.5. The van der Waals surface area contributed by atoms with Crippen LogP contribution in [0, 0.1) is 6.92 Å². The molecule has 0 spiro atoms. The number of benzene rings is 1. The van der Waals surface area contributed by atoms with Crippen LogP contribution in [0.25, 0.3) is 11.3 Å². The van der Waals surface area contributed by atoms with E-state index in [1.165, 1.54) is 0 Å². The molecule has 1 fully saturated rings. The van der Waals surface area contributed by atoms with Crippen LogP contribution in [0.4, 0.5) is 4.79 Å². The standard InChI is InChI=1S/C18H16BrN3O4/c1-11-14(5-6-15(21-11)12-3-2-4-13(19)9-12)17(24)26-10-16(23)22-8-7-20-18(22)25/h2-6,9H,7-8,10H2,1H3,(H,20,25). The van der Waals surface area contributed by atoms with Gasteiger partial charge in [-0.1, -0.05) is 28.1 Å². The summed E-state index contributed by atoms with van der Waals surface area (Å²) in [6, 6.07) is 10.5. The van der Waals surface area contributed by atoms with Crippen molar-refractivity contribution in [3.05, 3.63) is 52.1 Å². The molecule has 1 N–H and O–H groups in total. The summed E-state index contributed by atoms with van der Waals surface area (Å²) < 4.78 is 5.97. The molecule has 2 heterocycles. The number of halogens is 1. The molecule has 0 bridgehead atoms. The smallest absolute Gasteiger partial charge is 0.340 e. The number of pyridine rings is 1. The van der Waals surface area contributed by atoms with Gasteiger partial charge in [0.15, 0.2) is 6.61 Å². The number of esters is 1. The van der Waals surface area contributed by atoms with Crippen molar-refractivity contribution in [3.8, 4) is 11.3 Å². The second-order valence-corrected chi connectivity index (χ2v) is 6.61. The Balaban J connectivity index is 1.68. The van der Waals surface area contributed by atoms with Gasteiger partial charge in [-0.25, -0.2) is 9.59 Å². The number of aryl methyl sites for hydroxylation is 1. The van der Waals surface area contributed by atoms with Crippen molar-refractivity contribution < 1.29 is 19.1 Å². The summed E-state index contributed by atoms with van der Waals surface area (Å²) in [6.07, 6.45) is 0. The number of rotatable bonds is 4. The van der Waals surface area contributed by atoms with Crippen molar-refractivity contribution in [2.75, 3.05) is 19.7 Å². The summed E-state index contributed by atoms with van der Waals surface area (Å²) >= 11 is 3.42. The Bertz CT molecular complexity index is 884. The first kappa shape index (κ1) is 18.1. The van der Waals surface area contributed by atoms with Gasteiger partial charge in [-0.15, -0.1) is 0 Å². The number of urea groups is 1. The average Bonchev–Trinajstić information content (AvgIpc) is 3.05. The van der Waals surface area contributed by atoms with Crippen LogP contribution in [0.3, 0.4) is 0 Å². The Morgan fingerprint density at radius 3 is 2.77 bits per heavy atom. The number of amides is 3. The highest BCUT2D eigenvalue weighted by atomic mass is 79.9. The van der Waals surface area contributed by atoms with E-state index in [0.717, 1.165) is 20.6 Å². The molecule has 1 aromatic heterocycles. The number of ether oxygens (including phenoxy) is 1. The van der Waals surface area contributed by atoms with Crippen molar-refractivity contribution in [2.24, 2.45) is 0 Å². The molecule has 2 aromatic rings. The lowest BCUT2D eigenvalue weighted by Crippen LogP contribution is -2.37. The van der Waals surface area contributed by atoms with Crippen LogP contribution in [0.1, 0.15) is 16.1 Å². The summed E-state index contributed by atoms with van der Waals surface area (Å²) in [5.41, 5.74) is 2.42. The van der Waals surface area contributed by atoms with Gasteiger partial charge in [0.1, 0.15) is 0 Å². The molecule has 3 amide bonds. The molecule has 8 heteroatoms. The predicted octanol–water partition coefficient (Wildman–Crippen LogP) is 2.53. The van der Waals surface area contributed by atoms with Crippen molar-refractivity contribution >= 4 is 33.8 Å². The summed E-state index contributed by atoms with van der Waals surface area (Å²) in [5, 5.41) is 2.52. The molecule has 3 rings (SSSR count). The monoisotopic (exact) mass is 417 g/mol. The van der Waals surface area contributed by atoms with Gasteiger partial charge in [-0.2, -0.15) is 0 Å². The largest absolute Gasteiger partial charge is 0.452 e. The van der Waals surface area contributed by atoms with E-state index in [1.807, 2.05) is 24.3 Å². The molecule has 0 unspecified atom stereocenters. The SMILES string of the molecule is Cc1nc(-c2cccc(Br)c2)ccc1C(=O)OCC(=O)N1CCNC1=O. The third kappa shape index (κ3) is 3.91. The van der Waals surface area contributed by atoms with Gasteiger partial charge in [0.25, 0.3) is 5.91 Å². The third-order valence-electron chi connectivity index (χ3n) is 3.91. The Hall–Kier alpha value is -2.74. The summed E-state index contributed by atoms with van der Waals surface area (Å²) in [5.74, 6) is -1.20. The topological polar surface area (TPSA) is 88.6 Å². The first-order valence-corrected chi connectivity index (χ1v) is 8.74. The molecule has 1 aliphatic rings. The van der Waals surface area contributed by atoms with Crippen LogP contribution in [-0.4, -0.2) is 47.5 Å². The number of carbonyl (C=O) groups is 3. The molecular formula is C18H16BrN3O4. The van der Waals surface area contributed by atoms with E-state index in [2.05, 4.69) is 26.2 Å². The molecule has 0 saturated carbocycles. The van der Waals surface area contributed by atoms with Crippen LogP contribution >= 0.6 is 15.9 Å². The van der Waals surface area contributed by atoms with Crippen LogP contribution in [-0.2, 0) is 9.53 Å². The molecule has 134 valence electrons. The Morgan fingerprint density at radius 2 is 2.12 bits per heavy atom. The third-order valence-corrected chi connectivity index (χ3v) is 4.40. The van der Waals surface area contributed by atoms with E-state index in [0.29, 0.717) is 12.2 Å². The van der Waals surface area contributed by atoms with E-state index < -0.39 is 24.5 Å². The quantitative estimate of drug-likeness (QED) is 0.771. The molecule has 1 aliphatic heterocycles. The maximum atomic E-state index is 12.2. The van der Waals surface area contributed by atoms with Gasteiger partial charge in [-0.05, 0) is 31.2 Å². The summed E-state index contributed by atoms with van der Waals surface area (Å²) in [6.45, 7) is 1.89. The average molecular weight is 418 g/mol. The molecule has 0 radical (unpaired) electrons. The number of nitrogens with one attached hydrogen (secondary N) is 1. The lowest BCUT2D eigenvalue weighted by atomic mass is 10.1. The lowest BCUT2D eigenvalue weighted by Gasteiger charge is -2.13. The first-order chi connectivity index (χ1) is 12.5. The lowest BCUT2D eigenvalue weighted by molar-refractivity contribution is -0.130. The highest BCUT2D eigenvalue weighted by molar-refractivity contribution is 9.10. The van der Waals surface area contributed by atoms with E-state index in [4.69, 9.17) is 4.74 Å². The number of carbonyl (C=O) groups excluding carboxylic acids is 3. The maximum Gasteiger partial charge on any atom is 0.340 e. The van der Waals surface area contributed by atoms with Gasteiger partial charge in [-0.3, -0.25) is 14.7 Å². The number of nitrogens with zero attached hydrogens (tertiary/aromatic N) is 2. The molecule has 1 aromatic carbocycles. The number of hydrogen-bond donors (Lipinski definition) is 1. The zero-order valence-electron chi connectivity index (χ0n) is 14.0. The summed E-state index contributed by atoms with van der Waals surface area (Å²) in [7, 11) is 0. The highest BCUT2D eigenvalue weighted by Crippen LogP contribution is 2.22. The Labute approximate surface area is 158 Å². The van der Waals surface area contributed by atoms with Crippen molar-refractivity contribution in [3.63, 3.8) is 0 Å². The second-order valence-electron chi connectivity index (χ2n) is 5.69. The minimum Gasteiger partial charge on any atom is -0.452 e. The van der Waals surface area contributed by atoms with Gasteiger partial charge >= 0.3 is 12.0 Å². The van der Waals surface area contributed by atoms with Crippen LogP contribution in [0.5, 0.6) is 0 Å². The van der Waals surface area contributed by atoms with Crippen LogP contribution in [0.15, 0.2) is 40.9 Å². The van der Waals surface area contributed by atoms with Gasteiger partial charge in [0, 0.05) is 23.1 Å². The fourth-order valence-electron chi connectivity index (χ4n) is 2.58. The number of hydrogen-bond acceptors (Lipinski definition) is 5. The van der Waals surface area contributed by atoms with Gasteiger partial charge in [0.2, 0.25) is 0 Å². The van der Waals surface area contributed by atoms with Crippen LogP contribution in [0.2, 0.25) is 0 Å². The molecule has 7 nitrogen and oxygen atoms in total. The molecule has 0 aliphatic carbocycles. The molecule has 0 atom stereocenters. The van der Waals surface area contributed by atoms with Gasteiger partial charge in [0.05, 0.1) is 17.0 Å². The summed E-state index contributed by atoms with van der Waals surface area (Å²) in [4.78, 5) is 41.0. The van der Waals surface area contributed by atoms with Crippen molar-refractivity contribution in [1.82, 2.24) is 15.2 Å². The van der Waals surface area contributed by atoms with E-state index in [-0.39, 0.29) is 12.1 Å². The molecular weight excluding hydrogens is 402 g/mol. The second kappa shape index (κ2) is 7.65. The maximum absolute atomic E-state index is 12.2. The zero-order chi connectivity index (χ0) is 18.7. The van der Waals surface area contributed by atoms with E-state index >= 15 is 0 Å². The minimum absolute atomic E-state index is 0.275. The predicted molar refractivity (Wildman–Crippen MR) is 97.5 cm³/mol. The fourth-order valence-corrected chi connectivity index (χ4v) is 2.98. The van der Waals surface area contributed by atoms with E-state index in [1.54, 1.807) is 19.1 Å². The fraction of sp³-hybridized carbons (Fsp3) is 0.222. The molecule has 1 saturated heterocycles. The van der Waals surface area contributed by atoms with Crippen LogP contribution < -0.4 is 5.32 Å². The first-order valence-electron chi connectivity index (χ1n) is 7.94. The molecule has 26 heavy (non-hydrogen) atoms. The van der Waals surface area contributed by atoms with Gasteiger partial charge < -0.3 is 10.1 Å². The zero-order valence-corrected chi connectivity index (χ0v) is 15.6. The van der Waals surface area contributed by atoms with E-state index in [9.17, 15) is 14.4 Å². The highest BCUT2D eigenvalue weighted by Gasteiger charge is 2.27. The Kier molecular flexibility index (Phi) is 5.32. The van der Waals surface area contributed by atoms with Crippen molar-refractivity contribution in [1.29, 1.82) is 0 Å². The number of imide groups is 1. The Morgan fingerprint density at radius 1 is 1.31 bits per heavy atom. The van der Waals surface area contributed by atoms with Crippen molar-refractivity contribution in [2.45, 2.75) is 6.92 Å². The number of aromatic nitrogens is 1.